The average Bonchev–Trinajstić information content (AvgIpc) is 2.68. The summed E-state index contributed by atoms with van der Waals surface area (Å²) in [6, 6.07) is 17.5. The Bertz CT molecular complexity index is 710. The van der Waals surface area contributed by atoms with Gasteiger partial charge in [-0.3, -0.25) is 0 Å². The molecular formula is C23H26N2. The molecular weight excluding hydrogens is 304 g/mol. The summed E-state index contributed by atoms with van der Waals surface area (Å²) < 4.78 is 0. The van der Waals surface area contributed by atoms with Gasteiger partial charge in [0, 0.05) is 36.9 Å². The lowest BCUT2D eigenvalue weighted by Gasteiger charge is -2.27. The van der Waals surface area contributed by atoms with E-state index >= 15 is 0 Å². The number of fused-ring (bicyclic) bond motifs is 2. The Morgan fingerprint density at radius 2 is 1.08 bits per heavy atom. The predicted molar refractivity (Wildman–Crippen MR) is 107 cm³/mol. The van der Waals surface area contributed by atoms with Crippen molar-refractivity contribution >= 4 is 11.4 Å². The predicted octanol–water partition coefficient (Wildman–Crippen LogP) is 5.31. The molecule has 2 heteroatoms. The maximum atomic E-state index is 2.41. The van der Waals surface area contributed by atoms with Gasteiger partial charge in [-0.25, -0.2) is 0 Å². The maximum absolute atomic E-state index is 2.41. The molecule has 2 aromatic carbocycles. The lowest BCUT2D eigenvalue weighted by Crippen LogP contribution is -2.23. The quantitative estimate of drug-likeness (QED) is 0.662. The molecule has 0 aromatic heterocycles. The van der Waals surface area contributed by atoms with Gasteiger partial charge in [0.2, 0.25) is 0 Å². The van der Waals surface area contributed by atoms with Crippen molar-refractivity contribution in [3.05, 3.63) is 84.2 Å². The third kappa shape index (κ3) is 3.63. The van der Waals surface area contributed by atoms with Crippen molar-refractivity contribution in [3.8, 4) is 0 Å². The van der Waals surface area contributed by atoms with Crippen molar-refractivity contribution < 1.29 is 0 Å². The summed E-state index contributed by atoms with van der Waals surface area (Å²) in [7, 11) is 0. The first kappa shape index (κ1) is 16.0. The Balaban J connectivity index is 1.26. The van der Waals surface area contributed by atoms with Gasteiger partial charge in [0.05, 0.1) is 0 Å². The second-order valence-electron chi connectivity index (χ2n) is 6.88. The lowest BCUT2D eigenvalue weighted by molar-refractivity contribution is 0.673. The first-order chi connectivity index (χ1) is 12.4. The van der Waals surface area contributed by atoms with Gasteiger partial charge >= 0.3 is 0 Å². The molecule has 0 atom stereocenters. The average molecular weight is 330 g/mol. The van der Waals surface area contributed by atoms with E-state index in [0.717, 1.165) is 25.9 Å². The molecule has 2 heterocycles. The minimum atomic E-state index is 1.06. The van der Waals surface area contributed by atoms with Gasteiger partial charge in [0.1, 0.15) is 0 Å². The monoisotopic (exact) mass is 330 g/mol. The van der Waals surface area contributed by atoms with Gasteiger partial charge in [0.25, 0.3) is 0 Å². The maximum Gasteiger partial charge on any atom is 0.0441 e. The zero-order valence-corrected chi connectivity index (χ0v) is 14.8. The molecule has 0 fully saturated rings. The highest BCUT2D eigenvalue weighted by Gasteiger charge is 2.13. The zero-order valence-electron chi connectivity index (χ0n) is 14.8. The summed E-state index contributed by atoms with van der Waals surface area (Å²) in [4.78, 5) is 4.82. The van der Waals surface area contributed by atoms with Gasteiger partial charge in [-0.05, 0) is 55.4 Å². The van der Waals surface area contributed by atoms with Crippen LogP contribution in [0.2, 0.25) is 0 Å². The highest BCUT2D eigenvalue weighted by molar-refractivity contribution is 5.59. The van der Waals surface area contributed by atoms with Gasteiger partial charge < -0.3 is 9.80 Å². The topological polar surface area (TPSA) is 6.48 Å². The van der Waals surface area contributed by atoms with Crippen LogP contribution in [0.1, 0.15) is 30.4 Å². The van der Waals surface area contributed by atoms with Crippen LogP contribution in [-0.2, 0) is 12.8 Å². The van der Waals surface area contributed by atoms with E-state index in [1.54, 1.807) is 0 Å². The molecule has 4 rings (SSSR count). The highest BCUT2D eigenvalue weighted by atomic mass is 15.1. The van der Waals surface area contributed by atoms with Crippen molar-refractivity contribution in [1.82, 2.24) is 0 Å². The summed E-state index contributed by atoms with van der Waals surface area (Å²) in [6.07, 6.45) is 14.9. The Labute approximate surface area is 151 Å². The van der Waals surface area contributed by atoms with Gasteiger partial charge in [0.15, 0.2) is 0 Å². The van der Waals surface area contributed by atoms with Crippen LogP contribution in [0.15, 0.2) is 73.1 Å². The van der Waals surface area contributed by atoms with Crippen molar-refractivity contribution in [2.24, 2.45) is 0 Å². The molecule has 0 saturated carbocycles. The van der Waals surface area contributed by atoms with Gasteiger partial charge in [-0.1, -0.05) is 48.6 Å². The Morgan fingerprint density at radius 3 is 1.60 bits per heavy atom. The fraction of sp³-hybridized carbons (Fsp3) is 0.304. The second-order valence-corrected chi connectivity index (χ2v) is 6.88. The number of benzene rings is 2. The summed E-state index contributed by atoms with van der Waals surface area (Å²) in [5.41, 5.74) is 5.66. The molecule has 0 unspecified atom stereocenters. The number of para-hydroxylation sites is 2. The molecule has 0 bridgehead atoms. The van der Waals surface area contributed by atoms with E-state index < -0.39 is 0 Å². The first-order valence-electron chi connectivity index (χ1n) is 9.44. The molecule has 0 amide bonds. The number of hydrogen-bond donors (Lipinski definition) is 0. The van der Waals surface area contributed by atoms with E-state index in [9.17, 15) is 0 Å². The lowest BCUT2D eigenvalue weighted by atomic mass is 10.0. The fourth-order valence-electron chi connectivity index (χ4n) is 3.83. The minimum Gasteiger partial charge on any atom is -0.348 e. The van der Waals surface area contributed by atoms with Crippen LogP contribution in [0.3, 0.4) is 0 Å². The molecule has 0 spiro atoms. The van der Waals surface area contributed by atoms with E-state index in [1.807, 2.05) is 0 Å². The molecule has 2 aromatic rings. The van der Waals surface area contributed by atoms with E-state index in [-0.39, 0.29) is 0 Å². The van der Waals surface area contributed by atoms with Gasteiger partial charge in [-0.2, -0.15) is 0 Å². The largest absolute Gasteiger partial charge is 0.348 e. The molecule has 25 heavy (non-hydrogen) atoms. The van der Waals surface area contributed by atoms with Crippen molar-refractivity contribution in [2.75, 3.05) is 22.9 Å². The summed E-state index contributed by atoms with van der Waals surface area (Å²) in [6.45, 7) is 2.22. The number of allylic oxidation sites excluding steroid dienone is 2. The number of nitrogens with zero attached hydrogens (tertiary/aromatic N) is 2. The summed E-state index contributed by atoms with van der Waals surface area (Å²) in [5.74, 6) is 0. The molecule has 2 nitrogen and oxygen atoms in total. The fourth-order valence-corrected chi connectivity index (χ4v) is 3.83. The summed E-state index contributed by atoms with van der Waals surface area (Å²) in [5, 5.41) is 0. The van der Waals surface area contributed by atoms with E-state index in [4.69, 9.17) is 0 Å². The minimum absolute atomic E-state index is 1.06. The smallest absolute Gasteiger partial charge is 0.0441 e. The van der Waals surface area contributed by atoms with E-state index in [2.05, 4.69) is 82.9 Å². The Kier molecular flexibility index (Phi) is 4.87. The van der Waals surface area contributed by atoms with Crippen molar-refractivity contribution in [3.63, 3.8) is 0 Å². The van der Waals surface area contributed by atoms with Crippen LogP contribution in [-0.4, -0.2) is 13.1 Å². The van der Waals surface area contributed by atoms with Crippen LogP contribution in [0.5, 0.6) is 0 Å². The number of unbranched alkanes of at least 4 members (excludes halogenated alkanes) is 2. The van der Waals surface area contributed by atoms with Crippen molar-refractivity contribution in [2.45, 2.75) is 32.1 Å². The molecule has 2 aliphatic rings. The van der Waals surface area contributed by atoms with Crippen LogP contribution in [0.25, 0.3) is 0 Å². The molecule has 0 saturated heterocycles. The normalized spacial score (nSPS) is 15.2. The van der Waals surface area contributed by atoms with E-state index in [0.29, 0.717) is 0 Å². The molecule has 0 N–H and O–H groups in total. The molecule has 0 aliphatic carbocycles. The SMILES string of the molecule is C1=CN(CCCCCN2C=CCc3ccccc32)c2ccccc2C1. The second kappa shape index (κ2) is 7.60. The number of hydrogen-bond acceptors (Lipinski definition) is 2. The van der Waals surface area contributed by atoms with Crippen LogP contribution >= 0.6 is 0 Å². The third-order valence-corrected chi connectivity index (χ3v) is 5.15. The van der Waals surface area contributed by atoms with Crippen LogP contribution < -0.4 is 9.80 Å². The summed E-state index contributed by atoms with van der Waals surface area (Å²) >= 11 is 0. The standard InChI is InChI=1S/C23H26N2/c1(6-16-24-18-8-12-20-10-2-4-14-22(20)24)7-17-25-19-9-13-21-11-3-5-15-23(21)25/h2-5,8-11,14-15,18-19H,1,6-7,12-13,16-17H2. The van der Waals surface area contributed by atoms with Gasteiger partial charge in [-0.15, -0.1) is 0 Å². The molecule has 2 aliphatic heterocycles. The van der Waals surface area contributed by atoms with Crippen molar-refractivity contribution in [1.29, 1.82) is 0 Å². The molecule has 128 valence electrons. The number of anilines is 2. The number of rotatable bonds is 6. The third-order valence-electron chi connectivity index (χ3n) is 5.15. The Hall–Kier alpha value is -2.48. The first-order valence-corrected chi connectivity index (χ1v) is 9.44. The van der Waals surface area contributed by atoms with E-state index in [1.165, 1.54) is 41.8 Å². The zero-order chi connectivity index (χ0) is 16.9. The van der Waals surface area contributed by atoms with Crippen LogP contribution in [0, 0.1) is 0 Å². The Morgan fingerprint density at radius 1 is 0.600 bits per heavy atom. The highest BCUT2D eigenvalue weighted by Crippen LogP contribution is 2.27. The van der Waals surface area contributed by atoms with Crippen LogP contribution in [0.4, 0.5) is 11.4 Å². The molecule has 0 radical (unpaired) electrons.